The SMILES string of the molecule is C[N+]1(C)N=C(Br)c2cc(C=O)c(N)cc21. The molecule has 0 saturated heterocycles. The molecule has 1 heterocycles. The standard InChI is InChI=1S/C10H10BrN3O/c1-14(2)9-4-8(12)6(5-15)3-7(9)10(11)13-14/h3-5H,1-2H3,(H-,12,13,15)/p+1. The smallest absolute Gasteiger partial charge is 0.175 e. The zero-order valence-electron chi connectivity index (χ0n) is 8.49. The number of fused-ring (bicyclic) bond motifs is 1. The second-order valence-electron chi connectivity index (χ2n) is 3.90. The molecule has 0 saturated carbocycles. The fourth-order valence-corrected chi connectivity index (χ4v) is 2.38. The Morgan fingerprint density at radius 3 is 2.73 bits per heavy atom. The van der Waals surface area contributed by atoms with Gasteiger partial charge in [-0.05, 0) is 22.0 Å². The number of anilines is 1. The third-order valence-corrected chi connectivity index (χ3v) is 3.06. The first kappa shape index (κ1) is 10.3. The summed E-state index contributed by atoms with van der Waals surface area (Å²) in [5.41, 5.74) is 8.68. The van der Waals surface area contributed by atoms with Crippen LogP contribution < -0.4 is 10.3 Å². The van der Waals surface area contributed by atoms with E-state index in [4.69, 9.17) is 5.73 Å². The van der Waals surface area contributed by atoms with Crippen molar-refractivity contribution in [1.29, 1.82) is 0 Å². The Hall–Kier alpha value is -1.20. The van der Waals surface area contributed by atoms with E-state index in [2.05, 4.69) is 21.0 Å². The van der Waals surface area contributed by atoms with Gasteiger partial charge in [0.05, 0.1) is 19.7 Å². The van der Waals surface area contributed by atoms with Crippen LogP contribution in [0.1, 0.15) is 15.9 Å². The molecule has 2 rings (SSSR count). The van der Waals surface area contributed by atoms with Crippen LogP contribution in [0.15, 0.2) is 17.2 Å². The van der Waals surface area contributed by atoms with Gasteiger partial charge in [0.1, 0.15) is 0 Å². The van der Waals surface area contributed by atoms with Crippen molar-refractivity contribution in [3.63, 3.8) is 0 Å². The Bertz CT molecular complexity index is 480. The van der Waals surface area contributed by atoms with Crippen LogP contribution in [0.4, 0.5) is 11.4 Å². The summed E-state index contributed by atoms with van der Waals surface area (Å²) in [6, 6.07) is 3.56. The maximum absolute atomic E-state index is 10.8. The Kier molecular flexibility index (Phi) is 2.17. The summed E-state index contributed by atoms with van der Waals surface area (Å²) in [6.07, 6.45) is 0.758. The van der Waals surface area contributed by atoms with Crippen LogP contribution in [0.5, 0.6) is 0 Å². The number of halogens is 1. The molecule has 4 nitrogen and oxygen atoms in total. The van der Waals surface area contributed by atoms with E-state index in [1.54, 1.807) is 12.1 Å². The Labute approximate surface area is 96.1 Å². The largest absolute Gasteiger partial charge is 0.398 e. The predicted molar refractivity (Wildman–Crippen MR) is 65.3 cm³/mol. The van der Waals surface area contributed by atoms with Gasteiger partial charge in [-0.3, -0.25) is 4.79 Å². The van der Waals surface area contributed by atoms with Crippen LogP contribution in [-0.4, -0.2) is 25.0 Å². The van der Waals surface area contributed by atoms with Gasteiger partial charge in [0.15, 0.2) is 16.6 Å². The highest BCUT2D eigenvalue weighted by molar-refractivity contribution is 9.18. The van der Waals surface area contributed by atoms with Crippen LogP contribution in [-0.2, 0) is 0 Å². The summed E-state index contributed by atoms with van der Waals surface area (Å²) < 4.78 is 1.14. The third-order valence-electron chi connectivity index (χ3n) is 2.48. The summed E-state index contributed by atoms with van der Waals surface area (Å²) in [6.45, 7) is 0. The molecule has 0 fully saturated rings. The van der Waals surface area contributed by atoms with Crippen molar-refractivity contribution in [1.82, 2.24) is 4.59 Å². The second kappa shape index (κ2) is 3.15. The van der Waals surface area contributed by atoms with Crippen molar-refractivity contribution < 1.29 is 4.79 Å². The van der Waals surface area contributed by atoms with Crippen LogP contribution in [0.2, 0.25) is 0 Å². The first-order chi connectivity index (χ1) is 6.95. The van der Waals surface area contributed by atoms with E-state index >= 15 is 0 Å². The van der Waals surface area contributed by atoms with Gasteiger partial charge in [0.2, 0.25) is 0 Å². The zero-order chi connectivity index (χ0) is 11.2. The fraction of sp³-hybridized carbons (Fsp3) is 0.200. The average Bonchev–Trinajstić information content (AvgIpc) is 2.36. The quantitative estimate of drug-likeness (QED) is 0.479. The van der Waals surface area contributed by atoms with Gasteiger partial charge in [0, 0.05) is 17.3 Å². The van der Waals surface area contributed by atoms with Crippen molar-refractivity contribution in [3.8, 4) is 0 Å². The topological polar surface area (TPSA) is 55.5 Å². The number of carbonyl (C=O) groups is 1. The normalized spacial score (nSPS) is 17.1. The van der Waals surface area contributed by atoms with E-state index < -0.39 is 0 Å². The number of quaternary nitrogens is 1. The molecule has 1 aromatic carbocycles. The van der Waals surface area contributed by atoms with Crippen molar-refractivity contribution in [2.75, 3.05) is 19.8 Å². The minimum Gasteiger partial charge on any atom is -0.398 e. The average molecular weight is 269 g/mol. The number of nitrogens with two attached hydrogens (primary N) is 1. The lowest BCUT2D eigenvalue weighted by Gasteiger charge is -2.18. The molecule has 0 amide bonds. The highest BCUT2D eigenvalue weighted by atomic mass is 79.9. The molecule has 78 valence electrons. The lowest BCUT2D eigenvalue weighted by molar-refractivity contribution is 0.112. The van der Waals surface area contributed by atoms with Crippen molar-refractivity contribution >= 4 is 38.2 Å². The molecule has 0 spiro atoms. The molecule has 0 radical (unpaired) electrons. The minimum absolute atomic E-state index is 0.388. The van der Waals surface area contributed by atoms with E-state index in [0.717, 1.165) is 22.2 Å². The van der Waals surface area contributed by atoms with Gasteiger partial charge in [-0.25, -0.2) is 0 Å². The van der Waals surface area contributed by atoms with E-state index in [9.17, 15) is 4.79 Å². The summed E-state index contributed by atoms with van der Waals surface area (Å²) in [5.74, 6) is 0. The third kappa shape index (κ3) is 1.48. The maximum Gasteiger partial charge on any atom is 0.175 e. The van der Waals surface area contributed by atoms with Crippen LogP contribution in [0.25, 0.3) is 0 Å². The van der Waals surface area contributed by atoms with Crippen LogP contribution in [0, 0.1) is 0 Å². The predicted octanol–water partition coefficient (Wildman–Crippen LogP) is 1.72. The number of aldehydes is 1. The number of hydrogen-bond donors (Lipinski definition) is 1. The number of rotatable bonds is 1. The highest BCUT2D eigenvalue weighted by Gasteiger charge is 2.33. The fourth-order valence-electron chi connectivity index (χ4n) is 1.67. The molecule has 0 unspecified atom stereocenters. The Morgan fingerprint density at radius 2 is 2.13 bits per heavy atom. The summed E-state index contributed by atoms with van der Waals surface area (Å²) in [5, 5.41) is 4.40. The molecule has 1 aliphatic heterocycles. The number of hydrogen-bond acceptors (Lipinski definition) is 3. The lowest BCUT2D eigenvalue weighted by Crippen LogP contribution is -2.31. The molecular weight excluding hydrogens is 258 g/mol. The lowest BCUT2D eigenvalue weighted by atomic mass is 10.1. The first-order valence-electron chi connectivity index (χ1n) is 4.45. The monoisotopic (exact) mass is 268 g/mol. The van der Waals surface area contributed by atoms with Crippen molar-refractivity contribution in [2.45, 2.75) is 0 Å². The van der Waals surface area contributed by atoms with Crippen molar-refractivity contribution in [3.05, 3.63) is 23.3 Å². The van der Waals surface area contributed by atoms with Gasteiger partial charge >= 0.3 is 0 Å². The van der Waals surface area contributed by atoms with E-state index in [-0.39, 0.29) is 0 Å². The van der Waals surface area contributed by atoms with Gasteiger partial charge in [-0.2, -0.15) is 4.59 Å². The molecule has 0 atom stereocenters. The Morgan fingerprint density at radius 1 is 1.47 bits per heavy atom. The molecule has 0 aromatic heterocycles. The van der Waals surface area contributed by atoms with E-state index in [0.29, 0.717) is 15.8 Å². The summed E-state index contributed by atoms with van der Waals surface area (Å²) in [7, 11) is 3.90. The molecule has 5 heteroatoms. The summed E-state index contributed by atoms with van der Waals surface area (Å²) in [4.78, 5) is 10.8. The molecule has 15 heavy (non-hydrogen) atoms. The first-order valence-corrected chi connectivity index (χ1v) is 5.24. The van der Waals surface area contributed by atoms with E-state index in [1.807, 2.05) is 14.1 Å². The number of carbonyl (C=O) groups excluding carboxylic acids is 1. The van der Waals surface area contributed by atoms with Crippen LogP contribution >= 0.6 is 15.9 Å². The summed E-state index contributed by atoms with van der Waals surface area (Å²) >= 11 is 3.38. The molecule has 0 aliphatic carbocycles. The van der Waals surface area contributed by atoms with E-state index in [1.165, 1.54) is 0 Å². The molecule has 1 aliphatic rings. The van der Waals surface area contributed by atoms with Gasteiger partial charge in [-0.15, -0.1) is 0 Å². The number of nitrogen functional groups attached to an aromatic ring is 1. The molecular formula is C10H11BrN3O+. The minimum atomic E-state index is 0.388. The number of benzene rings is 1. The zero-order valence-corrected chi connectivity index (χ0v) is 10.1. The molecule has 1 aromatic rings. The van der Waals surface area contributed by atoms with Gasteiger partial charge in [0.25, 0.3) is 0 Å². The van der Waals surface area contributed by atoms with Gasteiger partial charge in [-0.1, -0.05) is 5.10 Å². The highest BCUT2D eigenvalue weighted by Crippen LogP contribution is 2.36. The maximum atomic E-state index is 10.8. The molecule has 2 N–H and O–H groups in total. The molecule has 0 bridgehead atoms. The number of nitrogens with zero attached hydrogens (tertiary/aromatic N) is 2. The van der Waals surface area contributed by atoms with Gasteiger partial charge < -0.3 is 5.73 Å². The van der Waals surface area contributed by atoms with Crippen molar-refractivity contribution in [2.24, 2.45) is 5.10 Å². The Balaban J connectivity index is 2.71. The second-order valence-corrected chi connectivity index (χ2v) is 4.65. The van der Waals surface area contributed by atoms with Crippen LogP contribution in [0.3, 0.4) is 0 Å².